The van der Waals surface area contributed by atoms with Gasteiger partial charge in [-0.15, -0.1) is 0 Å². The minimum Gasteiger partial charge on any atom is -0.444 e. The molecule has 2 aromatic rings. The molecule has 4 heterocycles. The van der Waals surface area contributed by atoms with Crippen LogP contribution in [0.5, 0.6) is 0 Å². The lowest BCUT2D eigenvalue weighted by atomic mass is 10.0. The molecule has 3 aliphatic heterocycles. The Kier molecular flexibility index (Phi) is 6.28. The number of nitrogens with one attached hydrogen (secondary N) is 1. The van der Waals surface area contributed by atoms with Crippen molar-refractivity contribution in [1.82, 2.24) is 19.8 Å². The number of halogens is 1. The molecule has 2 amide bonds. The van der Waals surface area contributed by atoms with E-state index >= 15 is 4.39 Å². The minimum atomic E-state index is -1.11. The predicted octanol–water partition coefficient (Wildman–Crippen LogP) is 2.26. The van der Waals surface area contributed by atoms with Crippen LogP contribution in [0.2, 0.25) is 0 Å². The highest BCUT2D eigenvalue weighted by Crippen LogP contribution is 2.31. The number of aliphatic hydroxyl groups is 1. The first-order chi connectivity index (χ1) is 16.8. The highest BCUT2D eigenvalue weighted by atomic mass is 19.1. The van der Waals surface area contributed by atoms with Gasteiger partial charge in [0.2, 0.25) is 11.9 Å². The molecule has 2 bridgehead atoms. The van der Waals surface area contributed by atoms with E-state index in [1.807, 2.05) is 17.9 Å². The number of carbonyl (C=O) groups is 2. The highest BCUT2D eigenvalue weighted by Gasteiger charge is 2.41. The van der Waals surface area contributed by atoms with Crippen LogP contribution >= 0.6 is 0 Å². The van der Waals surface area contributed by atoms with Crippen LogP contribution in [-0.2, 0) is 16.1 Å². The van der Waals surface area contributed by atoms with Gasteiger partial charge < -0.3 is 20.1 Å². The van der Waals surface area contributed by atoms with Crippen LogP contribution in [0.4, 0.5) is 21.0 Å². The van der Waals surface area contributed by atoms with Gasteiger partial charge in [-0.05, 0) is 37.5 Å². The number of anilines is 2. The second kappa shape index (κ2) is 9.38. The third kappa shape index (κ3) is 4.65. The summed E-state index contributed by atoms with van der Waals surface area (Å²) in [7, 11) is 0. The van der Waals surface area contributed by atoms with Gasteiger partial charge in [-0.2, -0.15) is 4.98 Å². The number of ether oxygens (including phenoxy) is 1. The average Bonchev–Trinajstić information content (AvgIpc) is 3.30. The molecule has 35 heavy (non-hydrogen) atoms. The number of likely N-dealkylation sites (tertiary alicyclic amines) is 1. The van der Waals surface area contributed by atoms with Gasteiger partial charge in [0.1, 0.15) is 18.2 Å². The SMILES string of the molecule is CC(=O)N1C2CCC1CN(Cc1ccc([C@H](C)Nc3nccc(N4C(=O)OC[C@@H]4O)n3)cc1F)C2. The third-order valence-corrected chi connectivity index (χ3v) is 6.98. The molecular formula is C24H29FN6O4. The molecular weight excluding hydrogens is 455 g/mol. The topological polar surface area (TPSA) is 111 Å². The van der Waals surface area contributed by atoms with Crippen molar-refractivity contribution in [2.45, 2.75) is 57.6 Å². The summed E-state index contributed by atoms with van der Waals surface area (Å²) < 4.78 is 19.9. The number of hydrogen-bond donors (Lipinski definition) is 2. The van der Waals surface area contributed by atoms with Gasteiger partial charge >= 0.3 is 6.09 Å². The molecule has 5 rings (SSSR count). The third-order valence-electron chi connectivity index (χ3n) is 6.98. The van der Waals surface area contributed by atoms with Gasteiger partial charge in [0.15, 0.2) is 6.23 Å². The molecule has 2 unspecified atom stereocenters. The van der Waals surface area contributed by atoms with E-state index in [-0.39, 0.29) is 48.2 Å². The summed E-state index contributed by atoms with van der Waals surface area (Å²) in [6, 6.07) is 6.83. The van der Waals surface area contributed by atoms with Gasteiger partial charge in [-0.25, -0.2) is 19.1 Å². The van der Waals surface area contributed by atoms with Crippen LogP contribution in [0.15, 0.2) is 30.5 Å². The smallest absolute Gasteiger partial charge is 0.417 e. The molecule has 1 aromatic heterocycles. The van der Waals surface area contributed by atoms with Crippen LogP contribution in [-0.4, -0.2) is 74.9 Å². The summed E-state index contributed by atoms with van der Waals surface area (Å²) in [6.07, 6.45) is 1.70. The number of piperazine rings is 1. The Bertz CT molecular complexity index is 1120. The number of aromatic nitrogens is 2. The van der Waals surface area contributed by atoms with E-state index in [1.165, 1.54) is 18.3 Å². The van der Waals surface area contributed by atoms with E-state index < -0.39 is 12.3 Å². The lowest BCUT2D eigenvalue weighted by Gasteiger charge is -2.40. The Morgan fingerprint density at radius 3 is 2.66 bits per heavy atom. The zero-order chi connectivity index (χ0) is 24.7. The van der Waals surface area contributed by atoms with Crippen molar-refractivity contribution < 1.29 is 23.8 Å². The highest BCUT2D eigenvalue weighted by molar-refractivity contribution is 5.88. The van der Waals surface area contributed by atoms with Crippen molar-refractivity contribution in [3.63, 3.8) is 0 Å². The van der Waals surface area contributed by atoms with Gasteiger partial charge in [0.25, 0.3) is 0 Å². The number of fused-ring (bicyclic) bond motifs is 2. The first-order valence-corrected chi connectivity index (χ1v) is 11.8. The summed E-state index contributed by atoms with van der Waals surface area (Å²) >= 11 is 0. The molecule has 186 valence electrons. The Hall–Kier alpha value is -3.31. The molecule has 0 saturated carbocycles. The molecule has 4 atom stereocenters. The zero-order valence-corrected chi connectivity index (χ0v) is 19.7. The molecule has 0 spiro atoms. The van der Waals surface area contributed by atoms with E-state index in [9.17, 15) is 14.7 Å². The van der Waals surface area contributed by atoms with Gasteiger partial charge in [0.05, 0.1) is 6.04 Å². The molecule has 0 aliphatic carbocycles. The second-order valence-corrected chi connectivity index (χ2v) is 9.39. The fourth-order valence-electron chi connectivity index (χ4n) is 5.32. The Labute approximate surface area is 202 Å². The standard InChI is InChI=1S/C24H29FN6O4/c1-14(27-23-26-8-7-21(28-23)31-22(33)13-35-24(31)34)16-3-4-17(20(25)9-16)10-29-11-18-5-6-19(12-29)30(18)15(2)32/h3-4,7-9,14,18-19,22,33H,5-6,10-13H2,1-2H3,(H,26,27,28)/t14-,18?,19?,22-/m0/s1. The number of hydrogen-bond acceptors (Lipinski definition) is 8. The quantitative estimate of drug-likeness (QED) is 0.643. The van der Waals surface area contributed by atoms with Gasteiger partial charge in [-0.1, -0.05) is 12.1 Å². The summed E-state index contributed by atoms with van der Waals surface area (Å²) in [6.45, 7) is 5.40. The molecule has 3 fully saturated rings. The van der Waals surface area contributed by atoms with Crippen molar-refractivity contribution in [3.8, 4) is 0 Å². The largest absolute Gasteiger partial charge is 0.444 e. The summed E-state index contributed by atoms with van der Waals surface area (Å²) in [5, 5.41) is 13.1. The summed E-state index contributed by atoms with van der Waals surface area (Å²) in [4.78, 5) is 37.5. The van der Waals surface area contributed by atoms with Crippen LogP contribution in [0.3, 0.4) is 0 Å². The molecule has 11 heteroatoms. The van der Waals surface area contributed by atoms with E-state index in [0.717, 1.165) is 36.4 Å². The maximum Gasteiger partial charge on any atom is 0.417 e. The fourth-order valence-corrected chi connectivity index (χ4v) is 5.32. The van der Waals surface area contributed by atoms with E-state index in [0.29, 0.717) is 12.1 Å². The number of benzene rings is 1. The van der Waals surface area contributed by atoms with Crippen LogP contribution in [0.1, 0.15) is 43.9 Å². The maximum absolute atomic E-state index is 15.0. The van der Waals surface area contributed by atoms with Gasteiger partial charge in [0, 0.05) is 50.4 Å². The minimum absolute atomic E-state index is 0.124. The zero-order valence-electron chi connectivity index (χ0n) is 19.7. The molecule has 3 aliphatic rings. The molecule has 3 saturated heterocycles. The average molecular weight is 485 g/mol. The summed E-state index contributed by atoms with van der Waals surface area (Å²) in [5.41, 5.74) is 1.35. The maximum atomic E-state index is 15.0. The number of cyclic esters (lactones) is 1. The predicted molar refractivity (Wildman–Crippen MR) is 125 cm³/mol. The number of aliphatic hydroxyl groups excluding tert-OH is 1. The Balaban J connectivity index is 1.23. The number of carbonyl (C=O) groups excluding carboxylic acids is 2. The lowest BCUT2D eigenvalue weighted by Crippen LogP contribution is -2.54. The fraction of sp³-hybridized carbons (Fsp3) is 0.500. The van der Waals surface area contributed by atoms with Crippen molar-refractivity contribution in [1.29, 1.82) is 0 Å². The monoisotopic (exact) mass is 484 g/mol. The van der Waals surface area contributed by atoms with E-state index in [1.54, 1.807) is 13.0 Å². The first kappa shape index (κ1) is 23.4. The van der Waals surface area contributed by atoms with Gasteiger partial charge in [-0.3, -0.25) is 9.69 Å². The van der Waals surface area contributed by atoms with Crippen molar-refractivity contribution in [2.75, 3.05) is 29.9 Å². The Morgan fingerprint density at radius 2 is 2.03 bits per heavy atom. The second-order valence-electron chi connectivity index (χ2n) is 9.39. The molecule has 0 radical (unpaired) electrons. The lowest BCUT2D eigenvalue weighted by molar-refractivity contribution is -0.134. The van der Waals surface area contributed by atoms with Crippen molar-refractivity contribution in [2.24, 2.45) is 0 Å². The number of amides is 2. The first-order valence-electron chi connectivity index (χ1n) is 11.8. The summed E-state index contributed by atoms with van der Waals surface area (Å²) in [5.74, 6) is 0.297. The number of nitrogens with zero attached hydrogens (tertiary/aromatic N) is 5. The molecule has 10 nitrogen and oxygen atoms in total. The van der Waals surface area contributed by atoms with Crippen molar-refractivity contribution >= 4 is 23.8 Å². The van der Waals surface area contributed by atoms with E-state index in [2.05, 4.69) is 20.2 Å². The number of rotatable bonds is 6. The van der Waals surface area contributed by atoms with Crippen molar-refractivity contribution in [3.05, 3.63) is 47.4 Å². The Morgan fingerprint density at radius 1 is 1.29 bits per heavy atom. The van der Waals surface area contributed by atoms with Crippen LogP contribution < -0.4 is 10.2 Å². The molecule has 2 N–H and O–H groups in total. The van der Waals surface area contributed by atoms with Crippen LogP contribution in [0.25, 0.3) is 0 Å². The van der Waals surface area contributed by atoms with E-state index in [4.69, 9.17) is 4.74 Å². The van der Waals surface area contributed by atoms with Crippen LogP contribution in [0, 0.1) is 5.82 Å². The normalized spacial score (nSPS) is 25.0. The molecule has 1 aromatic carbocycles.